The molecule has 0 spiro atoms. The predicted octanol–water partition coefficient (Wildman–Crippen LogP) is 2.86. The van der Waals surface area contributed by atoms with Crippen LogP contribution in [0.1, 0.15) is 11.9 Å². The molecule has 1 heterocycles. The number of fused-ring (bicyclic) bond motifs is 1. The highest BCUT2D eigenvalue weighted by atomic mass is 16.7. The van der Waals surface area contributed by atoms with E-state index < -0.39 is 11.2 Å². The molecule has 0 N–H and O–H groups in total. The fourth-order valence-electron chi connectivity index (χ4n) is 1.75. The Labute approximate surface area is 103 Å². The van der Waals surface area contributed by atoms with E-state index in [-0.39, 0.29) is 5.69 Å². The van der Waals surface area contributed by atoms with Crippen molar-refractivity contribution in [2.24, 2.45) is 0 Å². The Morgan fingerprint density at radius 3 is 2.44 bits per heavy atom. The van der Waals surface area contributed by atoms with E-state index >= 15 is 0 Å². The topological polar surface area (TPSA) is 61.6 Å². The molecule has 0 fully saturated rings. The van der Waals surface area contributed by atoms with Crippen molar-refractivity contribution in [1.29, 1.82) is 0 Å². The van der Waals surface area contributed by atoms with Crippen molar-refractivity contribution < 1.29 is 14.4 Å². The summed E-state index contributed by atoms with van der Waals surface area (Å²) in [6.07, 6.45) is -0.678. The van der Waals surface area contributed by atoms with Crippen molar-refractivity contribution in [3.05, 3.63) is 64.2 Å². The van der Waals surface area contributed by atoms with Gasteiger partial charge in [0, 0.05) is 17.7 Å². The van der Waals surface area contributed by atoms with Gasteiger partial charge < -0.3 is 9.47 Å². The minimum absolute atomic E-state index is 0.00749. The van der Waals surface area contributed by atoms with Gasteiger partial charge in [0.1, 0.15) is 0 Å². The molecule has 0 aromatic heterocycles. The molecule has 1 aliphatic rings. The number of rotatable bonds is 2. The van der Waals surface area contributed by atoms with Gasteiger partial charge in [-0.1, -0.05) is 12.1 Å². The molecule has 0 aliphatic carbocycles. The van der Waals surface area contributed by atoms with E-state index in [1.54, 1.807) is 12.1 Å². The zero-order valence-electron chi connectivity index (χ0n) is 9.20. The van der Waals surface area contributed by atoms with Crippen LogP contribution >= 0.6 is 0 Å². The van der Waals surface area contributed by atoms with E-state index in [0.717, 1.165) is 0 Å². The largest absolute Gasteiger partial charge is 0.447 e. The molecule has 1 aliphatic heterocycles. The summed E-state index contributed by atoms with van der Waals surface area (Å²) in [5.41, 5.74) is 0.493. The van der Waals surface area contributed by atoms with Gasteiger partial charge in [0.25, 0.3) is 12.0 Å². The van der Waals surface area contributed by atoms with Crippen LogP contribution in [0.25, 0.3) is 0 Å². The van der Waals surface area contributed by atoms with E-state index in [4.69, 9.17) is 9.47 Å². The van der Waals surface area contributed by atoms with E-state index in [1.807, 2.05) is 12.1 Å². The van der Waals surface area contributed by atoms with Gasteiger partial charge in [-0.25, -0.2) is 0 Å². The Morgan fingerprint density at radius 1 is 1.17 bits per heavy atom. The molecule has 2 aromatic carbocycles. The summed E-state index contributed by atoms with van der Waals surface area (Å²) in [5, 5.41) is 10.7. The van der Waals surface area contributed by atoms with E-state index in [9.17, 15) is 10.1 Å². The quantitative estimate of drug-likeness (QED) is 0.600. The van der Waals surface area contributed by atoms with E-state index in [0.29, 0.717) is 17.1 Å². The number of ether oxygens (including phenoxy) is 2. The number of nitro benzene ring substituents is 1. The Morgan fingerprint density at radius 2 is 1.83 bits per heavy atom. The summed E-state index contributed by atoms with van der Waals surface area (Å²) in [4.78, 5) is 10.2. The first-order valence-electron chi connectivity index (χ1n) is 5.32. The number of nitro groups is 1. The van der Waals surface area contributed by atoms with Crippen LogP contribution in [0.2, 0.25) is 0 Å². The Hall–Kier alpha value is -2.56. The van der Waals surface area contributed by atoms with Crippen molar-refractivity contribution in [1.82, 2.24) is 0 Å². The molecule has 5 heteroatoms. The maximum absolute atomic E-state index is 10.7. The minimum atomic E-state index is -0.678. The molecule has 0 saturated heterocycles. The zero-order chi connectivity index (χ0) is 12.5. The lowest BCUT2D eigenvalue weighted by Gasteiger charge is -2.09. The fourth-order valence-corrected chi connectivity index (χ4v) is 1.75. The number of benzene rings is 2. The molecule has 89 valence electrons. The predicted molar refractivity (Wildman–Crippen MR) is 62.4 cm³/mol. The molecule has 0 atom stereocenters. The monoisotopic (exact) mass is 242 g/mol. The first kappa shape index (κ1) is 10.6. The Bertz CT molecular complexity index is 586. The van der Waals surface area contributed by atoms with E-state index in [2.05, 4.69) is 6.07 Å². The summed E-state index contributed by atoms with van der Waals surface area (Å²) >= 11 is 0. The maximum Gasteiger partial charge on any atom is 0.270 e. The van der Waals surface area contributed by atoms with Gasteiger partial charge >= 0.3 is 0 Å². The highest BCUT2D eigenvalue weighted by Gasteiger charge is 2.26. The van der Waals surface area contributed by atoms with Crippen LogP contribution in [0.4, 0.5) is 5.69 Å². The molecule has 0 saturated carbocycles. The molecular formula is C13H8NO4. The molecule has 1 radical (unpaired) electrons. The standard InChI is InChI=1S/C13H8NO4/c15-14(16)10-5-3-4-9(8-10)13-17-11-6-1-2-7-12(11)18-13/h1-3,5-8,13H. The number of non-ortho nitro benzene ring substituents is 1. The Kier molecular flexibility index (Phi) is 2.37. The molecular weight excluding hydrogens is 234 g/mol. The van der Waals surface area contributed by atoms with Crippen molar-refractivity contribution in [2.75, 3.05) is 0 Å². The highest BCUT2D eigenvalue weighted by molar-refractivity contribution is 5.44. The summed E-state index contributed by atoms with van der Waals surface area (Å²) in [5.74, 6) is 1.25. The van der Waals surface area contributed by atoms with Gasteiger partial charge in [0.05, 0.1) is 4.92 Å². The lowest BCUT2D eigenvalue weighted by atomic mass is 10.2. The second-order valence-electron chi connectivity index (χ2n) is 3.77. The summed E-state index contributed by atoms with van der Waals surface area (Å²) in [7, 11) is 0. The summed E-state index contributed by atoms with van der Waals surface area (Å²) in [6.45, 7) is 0. The average Bonchev–Trinajstić information content (AvgIpc) is 2.82. The van der Waals surface area contributed by atoms with Crippen LogP contribution in [0, 0.1) is 16.2 Å². The molecule has 0 unspecified atom stereocenters. The second kappa shape index (κ2) is 4.03. The number of hydrogen-bond acceptors (Lipinski definition) is 4. The Balaban J connectivity index is 1.90. The van der Waals surface area contributed by atoms with Gasteiger partial charge in [0.15, 0.2) is 11.5 Å². The third-order valence-corrected chi connectivity index (χ3v) is 2.59. The van der Waals surface area contributed by atoms with Crippen molar-refractivity contribution >= 4 is 5.69 Å². The van der Waals surface area contributed by atoms with Crippen molar-refractivity contribution in [2.45, 2.75) is 6.29 Å². The molecule has 2 aromatic rings. The van der Waals surface area contributed by atoms with Gasteiger partial charge in [-0.2, -0.15) is 0 Å². The first-order valence-corrected chi connectivity index (χ1v) is 5.32. The van der Waals surface area contributed by atoms with Gasteiger partial charge in [-0.3, -0.25) is 10.1 Å². The van der Waals surface area contributed by atoms with Gasteiger partial charge in [-0.05, 0) is 24.3 Å². The maximum atomic E-state index is 10.7. The molecule has 0 amide bonds. The zero-order valence-corrected chi connectivity index (χ0v) is 9.20. The van der Waals surface area contributed by atoms with E-state index in [1.165, 1.54) is 18.2 Å². The van der Waals surface area contributed by atoms with Crippen LogP contribution in [-0.2, 0) is 0 Å². The third kappa shape index (κ3) is 1.75. The molecule has 18 heavy (non-hydrogen) atoms. The molecule has 5 nitrogen and oxygen atoms in total. The normalized spacial score (nSPS) is 13.6. The minimum Gasteiger partial charge on any atom is -0.447 e. The summed E-state index contributed by atoms with van der Waals surface area (Å²) < 4.78 is 11.1. The van der Waals surface area contributed by atoms with Crippen LogP contribution in [-0.4, -0.2) is 4.92 Å². The summed E-state index contributed by atoms with van der Waals surface area (Å²) in [6, 6.07) is 14.4. The van der Waals surface area contributed by atoms with Crippen LogP contribution < -0.4 is 9.47 Å². The highest BCUT2D eigenvalue weighted by Crippen LogP contribution is 2.40. The van der Waals surface area contributed by atoms with Gasteiger partial charge in [-0.15, -0.1) is 0 Å². The van der Waals surface area contributed by atoms with Crippen LogP contribution in [0.15, 0.2) is 42.5 Å². The number of hydrogen-bond donors (Lipinski definition) is 0. The van der Waals surface area contributed by atoms with Crippen molar-refractivity contribution in [3.63, 3.8) is 0 Å². The van der Waals surface area contributed by atoms with Crippen LogP contribution in [0.3, 0.4) is 0 Å². The van der Waals surface area contributed by atoms with Gasteiger partial charge in [0.2, 0.25) is 0 Å². The lowest BCUT2D eigenvalue weighted by Crippen LogP contribution is -2.08. The first-order chi connectivity index (χ1) is 8.74. The molecule has 0 bridgehead atoms. The third-order valence-electron chi connectivity index (χ3n) is 2.59. The van der Waals surface area contributed by atoms with Crippen molar-refractivity contribution in [3.8, 4) is 11.5 Å². The average molecular weight is 242 g/mol. The SMILES string of the molecule is O=[N+]([O-])c1cc[c]c(C2Oc3ccccc3O2)c1. The second-order valence-corrected chi connectivity index (χ2v) is 3.77. The lowest BCUT2D eigenvalue weighted by molar-refractivity contribution is -0.385. The smallest absolute Gasteiger partial charge is 0.270 e. The van der Waals surface area contributed by atoms with Crippen LogP contribution in [0.5, 0.6) is 11.5 Å². The number of para-hydroxylation sites is 2. The molecule has 3 rings (SSSR count). The number of nitrogens with zero attached hydrogens (tertiary/aromatic N) is 1. The fraction of sp³-hybridized carbons (Fsp3) is 0.0769.